The number of rotatable bonds is 1. The summed E-state index contributed by atoms with van der Waals surface area (Å²) in [4.78, 5) is 2.28. The summed E-state index contributed by atoms with van der Waals surface area (Å²) < 4.78 is 23.4. The third kappa shape index (κ3) is 1.91. The predicted molar refractivity (Wildman–Crippen MR) is 71.8 cm³/mol. The van der Waals surface area contributed by atoms with Crippen molar-refractivity contribution >= 4 is 15.5 Å². The number of hydrogen-bond acceptors (Lipinski definition) is 4. The second-order valence-corrected chi connectivity index (χ2v) is 7.91. The van der Waals surface area contributed by atoms with Crippen molar-refractivity contribution in [3.05, 3.63) is 29.3 Å². The molecule has 1 unspecified atom stereocenters. The molecular weight excluding hydrogens is 248 g/mol. The van der Waals surface area contributed by atoms with E-state index in [9.17, 15) is 8.42 Å². The maximum atomic E-state index is 11.7. The maximum absolute atomic E-state index is 11.7. The van der Waals surface area contributed by atoms with E-state index in [2.05, 4.69) is 17.9 Å². The van der Waals surface area contributed by atoms with Gasteiger partial charge in [0, 0.05) is 24.3 Å². The van der Waals surface area contributed by atoms with Crippen molar-refractivity contribution in [1.82, 2.24) is 4.90 Å². The fourth-order valence-electron chi connectivity index (χ4n) is 3.04. The Morgan fingerprint density at radius 3 is 2.67 bits per heavy atom. The fourth-order valence-corrected chi connectivity index (χ4v) is 5.21. The van der Waals surface area contributed by atoms with Crippen LogP contribution in [0.3, 0.4) is 0 Å². The van der Waals surface area contributed by atoms with Crippen molar-refractivity contribution in [2.45, 2.75) is 32.0 Å². The molecule has 1 fully saturated rings. The van der Waals surface area contributed by atoms with Gasteiger partial charge in [-0.05, 0) is 36.6 Å². The molecule has 0 bridgehead atoms. The average Bonchev–Trinajstić information content (AvgIpc) is 2.80. The fraction of sp³-hybridized carbons (Fsp3) is 0.538. The Morgan fingerprint density at radius 1 is 1.28 bits per heavy atom. The molecule has 98 valence electrons. The minimum absolute atomic E-state index is 0.216. The van der Waals surface area contributed by atoms with Crippen LogP contribution in [0.2, 0.25) is 0 Å². The number of anilines is 1. The predicted octanol–water partition coefficient (Wildman–Crippen LogP) is 1.16. The van der Waals surface area contributed by atoms with Gasteiger partial charge in [-0.15, -0.1) is 0 Å². The molecule has 2 aliphatic heterocycles. The molecule has 3 rings (SSSR count). The lowest BCUT2D eigenvalue weighted by atomic mass is 10.00. The van der Waals surface area contributed by atoms with Gasteiger partial charge in [0.2, 0.25) is 0 Å². The summed E-state index contributed by atoms with van der Waals surface area (Å²) in [7, 11) is -2.85. The van der Waals surface area contributed by atoms with Crippen LogP contribution in [0, 0.1) is 0 Å². The molecule has 1 atom stereocenters. The zero-order chi connectivity index (χ0) is 13.0. The monoisotopic (exact) mass is 266 g/mol. The van der Waals surface area contributed by atoms with Gasteiger partial charge in [-0.2, -0.15) is 0 Å². The molecule has 1 saturated heterocycles. The zero-order valence-corrected chi connectivity index (χ0v) is 11.3. The van der Waals surface area contributed by atoms with Gasteiger partial charge in [-0.25, -0.2) is 8.42 Å². The molecule has 0 saturated carbocycles. The third-order valence-corrected chi connectivity index (χ3v) is 6.09. The summed E-state index contributed by atoms with van der Waals surface area (Å²) in [6.07, 6.45) is 0.735. The van der Waals surface area contributed by atoms with E-state index in [1.54, 1.807) is 0 Å². The van der Waals surface area contributed by atoms with E-state index >= 15 is 0 Å². The molecule has 0 amide bonds. The van der Waals surface area contributed by atoms with Crippen LogP contribution < -0.4 is 5.73 Å². The first-order valence-electron chi connectivity index (χ1n) is 6.21. The molecular formula is C13H18N2O2S. The Labute approximate surface area is 108 Å². The van der Waals surface area contributed by atoms with E-state index in [1.807, 2.05) is 12.1 Å². The van der Waals surface area contributed by atoms with Gasteiger partial charge in [0.1, 0.15) is 0 Å². The highest BCUT2D eigenvalue weighted by atomic mass is 32.2. The number of fused-ring (bicyclic) bond motifs is 1. The topological polar surface area (TPSA) is 63.4 Å². The van der Waals surface area contributed by atoms with E-state index < -0.39 is 9.84 Å². The van der Waals surface area contributed by atoms with Crippen LogP contribution in [0.15, 0.2) is 18.2 Å². The van der Waals surface area contributed by atoms with Crippen LogP contribution in [-0.4, -0.2) is 30.4 Å². The van der Waals surface area contributed by atoms with Crippen LogP contribution in [0.5, 0.6) is 0 Å². The number of sulfone groups is 1. The molecule has 4 nitrogen and oxygen atoms in total. The highest BCUT2D eigenvalue weighted by Crippen LogP contribution is 2.36. The second-order valence-electron chi connectivity index (χ2n) is 5.72. The Bertz CT molecular complexity index is 597. The first-order chi connectivity index (χ1) is 8.38. The quantitative estimate of drug-likeness (QED) is 0.775. The summed E-state index contributed by atoms with van der Waals surface area (Å²) in [5.74, 6) is 0.599. The van der Waals surface area contributed by atoms with E-state index in [0.717, 1.165) is 25.2 Å². The Balaban J connectivity index is 1.86. The molecule has 0 aromatic heterocycles. The molecule has 5 heteroatoms. The molecule has 2 heterocycles. The van der Waals surface area contributed by atoms with E-state index in [0.29, 0.717) is 5.75 Å². The van der Waals surface area contributed by atoms with Crippen LogP contribution in [0.1, 0.15) is 24.5 Å². The van der Waals surface area contributed by atoms with E-state index in [1.165, 1.54) is 11.1 Å². The summed E-state index contributed by atoms with van der Waals surface area (Å²) >= 11 is 0. The lowest BCUT2D eigenvalue weighted by Gasteiger charge is -2.33. The minimum Gasteiger partial charge on any atom is -0.399 e. The van der Waals surface area contributed by atoms with Crippen molar-refractivity contribution in [2.75, 3.05) is 17.2 Å². The maximum Gasteiger partial charge on any atom is 0.152 e. The molecule has 0 aliphatic carbocycles. The smallest absolute Gasteiger partial charge is 0.152 e. The van der Waals surface area contributed by atoms with Crippen molar-refractivity contribution in [3.8, 4) is 0 Å². The molecule has 18 heavy (non-hydrogen) atoms. The SMILES string of the molecule is CC1(N2Cc3ccc(N)cc3C2)CCS(=O)(=O)C1. The largest absolute Gasteiger partial charge is 0.399 e. The second kappa shape index (κ2) is 3.71. The van der Waals surface area contributed by atoms with Crippen molar-refractivity contribution < 1.29 is 8.42 Å². The van der Waals surface area contributed by atoms with Gasteiger partial charge in [-0.1, -0.05) is 6.07 Å². The van der Waals surface area contributed by atoms with E-state index in [-0.39, 0.29) is 11.3 Å². The van der Waals surface area contributed by atoms with Crippen LogP contribution in [-0.2, 0) is 22.9 Å². The standard InChI is InChI=1S/C13H18N2O2S/c1-13(4-5-18(16,17)9-13)15-7-10-2-3-12(14)6-11(10)8-15/h2-3,6H,4-5,7-9,14H2,1H3. The number of nitrogens with two attached hydrogens (primary N) is 1. The molecule has 1 aromatic carbocycles. The summed E-state index contributed by atoms with van der Waals surface area (Å²) in [5, 5.41) is 0. The Hall–Kier alpha value is -1.07. The van der Waals surface area contributed by atoms with E-state index in [4.69, 9.17) is 5.73 Å². The summed E-state index contributed by atoms with van der Waals surface area (Å²) in [6, 6.07) is 5.97. The van der Waals surface area contributed by atoms with Crippen molar-refractivity contribution in [3.63, 3.8) is 0 Å². The minimum atomic E-state index is -2.85. The highest BCUT2D eigenvalue weighted by Gasteiger charge is 2.44. The molecule has 2 N–H and O–H groups in total. The number of nitrogen functional groups attached to an aromatic ring is 1. The van der Waals surface area contributed by atoms with Crippen LogP contribution in [0.25, 0.3) is 0 Å². The third-order valence-electron chi connectivity index (χ3n) is 4.20. The average molecular weight is 266 g/mol. The molecule has 0 radical (unpaired) electrons. The molecule has 1 aromatic rings. The van der Waals surface area contributed by atoms with Gasteiger partial charge in [0.15, 0.2) is 9.84 Å². The van der Waals surface area contributed by atoms with Crippen molar-refractivity contribution in [1.29, 1.82) is 0 Å². The van der Waals surface area contributed by atoms with Crippen LogP contribution in [0.4, 0.5) is 5.69 Å². The normalized spacial score (nSPS) is 30.5. The van der Waals surface area contributed by atoms with Crippen molar-refractivity contribution in [2.24, 2.45) is 0 Å². The van der Waals surface area contributed by atoms with Gasteiger partial charge >= 0.3 is 0 Å². The number of benzene rings is 1. The van der Waals surface area contributed by atoms with Gasteiger partial charge in [0.05, 0.1) is 11.5 Å². The van der Waals surface area contributed by atoms with Gasteiger partial charge < -0.3 is 5.73 Å². The lowest BCUT2D eigenvalue weighted by Crippen LogP contribution is -2.44. The van der Waals surface area contributed by atoms with Gasteiger partial charge in [-0.3, -0.25) is 4.90 Å². The van der Waals surface area contributed by atoms with Gasteiger partial charge in [0.25, 0.3) is 0 Å². The zero-order valence-electron chi connectivity index (χ0n) is 10.5. The highest BCUT2D eigenvalue weighted by molar-refractivity contribution is 7.91. The Morgan fingerprint density at radius 2 is 2.00 bits per heavy atom. The van der Waals surface area contributed by atoms with Crippen LogP contribution >= 0.6 is 0 Å². The lowest BCUT2D eigenvalue weighted by molar-refractivity contribution is 0.125. The summed E-state index contributed by atoms with van der Waals surface area (Å²) in [6.45, 7) is 3.71. The summed E-state index contributed by atoms with van der Waals surface area (Å²) in [5.41, 5.74) is 8.86. The Kier molecular flexibility index (Phi) is 2.47. The number of nitrogens with zero attached hydrogens (tertiary/aromatic N) is 1. The molecule has 0 spiro atoms. The first-order valence-corrected chi connectivity index (χ1v) is 8.03. The molecule has 2 aliphatic rings. The number of hydrogen-bond donors (Lipinski definition) is 1. The first kappa shape index (κ1) is 12.0.